The van der Waals surface area contributed by atoms with Crippen molar-refractivity contribution in [3.8, 4) is 6.07 Å². The summed E-state index contributed by atoms with van der Waals surface area (Å²) < 4.78 is 0. The van der Waals surface area contributed by atoms with Gasteiger partial charge in [-0.25, -0.2) is 0 Å². The largest absolute Gasteiger partial charge is 0.365 e. The van der Waals surface area contributed by atoms with Gasteiger partial charge in [0, 0.05) is 19.2 Å². The monoisotopic (exact) mass is 260 g/mol. The Morgan fingerprint density at radius 2 is 2.37 bits per heavy atom. The third-order valence-corrected chi connectivity index (χ3v) is 3.69. The van der Waals surface area contributed by atoms with E-state index in [1.807, 2.05) is 11.0 Å². The second-order valence-electron chi connectivity index (χ2n) is 5.26. The van der Waals surface area contributed by atoms with Gasteiger partial charge in [-0.15, -0.1) is 0 Å². The normalized spacial score (nSPS) is 22.3. The predicted octanol–water partition coefficient (Wildman–Crippen LogP) is 1.64. The summed E-state index contributed by atoms with van der Waals surface area (Å²) in [6.07, 6.45) is 0.917. The Labute approximate surface area is 111 Å². The summed E-state index contributed by atoms with van der Waals surface area (Å²) in [5.74, 6) is 0. The van der Waals surface area contributed by atoms with Crippen molar-refractivity contribution in [2.45, 2.75) is 13.3 Å². The van der Waals surface area contributed by atoms with Gasteiger partial charge in [0.05, 0.1) is 16.6 Å². The minimum atomic E-state index is -0.436. The fourth-order valence-corrected chi connectivity index (χ4v) is 2.40. The van der Waals surface area contributed by atoms with Crippen molar-refractivity contribution in [1.82, 2.24) is 0 Å². The first-order valence-electron chi connectivity index (χ1n) is 6.13. The zero-order valence-corrected chi connectivity index (χ0v) is 10.8. The molecule has 100 valence electrons. The zero-order valence-electron chi connectivity index (χ0n) is 10.8. The maximum atomic E-state index is 11.1. The highest BCUT2D eigenvalue weighted by Crippen LogP contribution is 2.37. The molecule has 0 bridgehead atoms. The molecule has 0 radical (unpaired) electrons. The quantitative estimate of drug-likeness (QED) is 0.658. The zero-order chi connectivity index (χ0) is 14.0. The molecular formula is C13H16N4O2. The van der Waals surface area contributed by atoms with Crippen molar-refractivity contribution >= 4 is 11.4 Å². The molecule has 6 nitrogen and oxygen atoms in total. The van der Waals surface area contributed by atoms with E-state index < -0.39 is 4.92 Å². The number of nitriles is 1. The van der Waals surface area contributed by atoms with Crippen molar-refractivity contribution in [3.63, 3.8) is 0 Å². The minimum absolute atomic E-state index is 0.00175. The number of benzene rings is 1. The molecule has 19 heavy (non-hydrogen) atoms. The van der Waals surface area contributed by atoms with Crippen LogP contribution in [0, 0.1) is 26.9 Å². The van der Waals surface area contributed by atoms with Crippen LogP contribution in [0.1, 0.15) is 18.9 Å². The fourth-order valence-electron chi connectivity index (χ4n) is 2.40. The molecule has 1 aliphatic rings. The van der Waals surface area contributed by atoms with Crippen molar-refractivity contribution < 1.29 is 4.92 Å². The predicted molar refractivity (Wildman–Crippen MR) is 71.8 cm³/mol. The summed E-state index contributed by atoms with van der Waals surface area (Å²) in [6, 6.07) is 6.51. The Hall–Kier alpha value is -2.13. The third-order valence-electron chi connectivity index (χ3n) is 3.69. The number of nitro groups is 1. The van der Waals surface area contributed by atoms with E-state index in [2.05, 4.69) is 6.92 Å². The molecule has 1 heterocycles. The van der Waals surface area contributed by atoms with Crippen molar-refractivity contribution in [2.24, 2.45) is 11.1 Å². The van der Waals surface area contributed by atoms with Gasteiger partial charge in [0.2, 0.25) is 0 Å². The van der Waals surface area contributed by atoms with Crippen LogP contribution < -0.4 is 10.6 Å². The molecule has 0 saturated carbocycles. The highest BCUT2D eigenvalue weighted by Gasteiger charge is 2.35. The molecule has 1 fully saturated rings. The van der Waals surface area contributed by atoms with Crippen LogP contribution in [0.4, 0.5) is 11.4 Å². The van der Waals surface area contributed by atoms with Crippen LogP contribution in [-0.2, 0) is 0 Å². The second-order valence-corrected chi connectivity index (χ2v) is 5.26. The SMILES string of the molecule is CC1(CN)CCN(c2ccc(C#N)cc2[N+](=O)[O-])C1. The van der Waals surface area contributed by atoms with E-state index in [-0.39, 0.29) is 11.1 Å². The minimum Gasteiger partial charge on any atom is -0.365 e. The number of nitrogens with zero attached hydrogens (tertiary/aromatic N) is 3. The molecule has 0 spiro atoms. The number of rotatable bonds is 3. The standard InChI is InChI=1S/C13H16N4O2/c1-13(8-15)4-5-16(9-13)11-3-2-10(7-14)6-12(11)17(18)19/h2-3,6H,4-5,8-9,15H2,1H3. The maximum Gasteiger partial charge on any atom is 0.293 e. The van der Waals surface area contributed by atoms with E-state index in [4.69, 9.17) is 11.0 Å². The van der Waals surface area contributed by atoms with Gasteiger partial charge in [-0.3, -0.25) is 10.1 Å². The maximum absolute atomic E-state index is 11.1. The fraction of sp³-hybridized carbons (Fsp3) is 0.462. The number of hydrogen-bond acceptors (Lipinski definition) is 5. The Morgan fingerprint density at radius 3 is 2.89 bits per heavy atom. The average molecular weight is 260 g/mol. The van der Waals surface area contributed by atoms with E-state index in [9.17, 15) is 10.1 Å². The van der Waals surface area contributed by atoms with Gasteiger partial charge in [-0.1, -0.05) is 6.92 Å². The molecule has 1 aromatic carbocycles. The van der Waals surface area contributed by atoms with Crippen LogP contribution >= 0.6 is 0 Å². The average Bonchev–Trinajstić information content (AvgIpc) is 2.81. The Kier molecular flexibility index (Phi) is 3.40. The van der Waals surface area contributed by atoms with Crippen molar-refractivity contribution in [3.05, 3.63) is 33.9 Å². The second kappa shape index (κ2) is 4.86. The van der Waals surface area contributed by atoms with Crippen LogP contribution in [0.5, 0.6) is 0 Å². The molecule has 6 heteroatoms. The number of anilines is 1. The summed E-state index contributed by atoms with van der Waals surface area (Å²) in [6.45, 7) is 4.10. The summed E-state index contributed by atoms with van der Waals surface area (Å²) in [7, 11) is 0. The molecule has 0 aromatic heterocycles. The lowest BCUT2D eigenvalue weighted by Gasteiger charge is -2.23. The molecule has 1 aliphatic heterocycles. The molecule has 1 saturated heterocycles. The first-order valence-corrected chi connectivity index (χ1v) is 6.13. The molecule has 0 aliphatic carbocycles. The Balaban J connectivity index is 2.36. The first-order chi connectivity index (χ1) is 8.99. The van der Waals surface area contributed by atoms with Gasteiger partial charge in [0.25, 0.3) is 5.69 Å². The Bertz CT molecular complexity index is 552. The van der Waals surface area contributed by atoms with Crippen molar-refractivity contribution in [1.29, 1.82) is 5.26 Å². The molecule has 1 aromatic rings. The number of hydrogen-bond donors (Lipinski definition) is 1. The van der Waals surface area contributed by atoms with E-state index in [1.54, 1.807) is 12.1 Å². The van der Waals surface area contributed by atoms with E-state index >= 15 is 0 Å². The van der Waals surface area contributed by atoms with Crippen molar-refractivity contribution in [2.75, 3.05) is 24.5 Å². The van der Waals surface area contributed by atoms with E-state index in [0.29, 0.717) is 24.3 Å². The Morgan fingerprint density at radius 1 is 1.63 bits per heavy atom. The van der Waals surface area contributed by atoms with Gasteiger partial charge in [-0.05, 0) is 30.5 Å². The van der Waals surface area contributed by atoms with Crippen LogP contribution in [-0.4, -0.2) is 24.6 Å². The highest BCUT2D eigenvalue weighted by atomic mass is 16.6. The van der Waals surface area contributed by atoms with Gasteiger partial charge >= 0.3 is 0 Å². The van der Waals surface area contributed by atoms with Gasteiger partial charge in [0.15, 0.2) is 0 Å². The molecule has 2 rings (SSSR count). The van der Waals surface area contributed by atoms with Gasteiger partial charge in [-0.2, -0.15) is 5.26 Å². The van der Waals surface area contributed by atoms with Crippen LogP contribution in [0.3, 0.4) is 0 Å². The van der Waals surface area contributed by atoms with E-state index in [1.165, 1.54) is 6.07 Å². The lowest BCUT2D eigenvalue weighted by atomic mass is 9.90. The number of nitrogens with two attached hydrogens (primary N) is 1. The summed E-state index contributed by atoms with van der Waals surface area (Å²) >= 11 is 0. The number of nitro benzene ring substituents is 1. The molecule has 0 amide bonds. The highest BCUT2D eigenvalue weighted by molar-refractivity contribution is 5.66. The molecule has 1 unspecified atom stereocenters. The molecule has 2 N–H and O–H groups in total. The van der Waals surface area contributed by atoms with Crippen LogP contribution in [0.2, 0.25) is 0 Å². The summed E-state index contributed by atoms with van der Waals surface area (Å²) in [5, 5.41) is 19.9. The lowest BCUT2D eigenvalue weighted by molar-refractivity contribution is -0.384. The summed E-state index contributed by atoms with van der Waals surface area (Å²) in [5.41, 5.74) is 6.61. The third kappa shape index (κ3) is 2.51. The summed E-state index contributed by atoms with van der Waals surface area (Å²) in [4.78, 5) is 12.7. The van der Waals surface area contributed by atoms with Crippen LogP contribution in [0.15, 0.2) is 18.2 Å². The first kappa shape index (κ1) is 13.3. The van der Waals surface area contributed by atoms with Gasteiger partial charge < -0.3 is 10.6 Å². The molecular weight excluding hydrogens is 244 g/mol. The van der Waals surface area contributed by atoms with Gasteiger partial charge in [0.1, 0.15) is 5.69 Å². The smallest absolute Gasteiger partial charge is 0.293 e. The topological polar surface area (TPSA) is 96.2 Å². The van der Waals surface area contributed by atoms with Crippen LogP contribution in [0.25, 0.3) is 0 Å². The lowest BCUT2D eigenvalue weighted by Crippen LogP contribution is -2.31. The van der Waals surface area contributed by atoms with E-state index in [0.717, 1.165) is 13.0 Å². The molecule has 1 atom stereocenters.